The second-order valence-electron chi connectivity index (χ2n) is 2.88. The summed E-state index contributed by atoms with van der Waals surface area (Å²) in [5, 5.41) is 8.65. The fraction of sp³-hybridized carbons (Fsp3) is 0.625. The molecule has 0 bridgehead atoms. The monoisotopic (exact) mass is 183 g/mol. The Kier molecular flexibility index (Phi) is 3.02. The number of nitrogens with two attached hydrogens (primary N) is 1. The molecule has 13 heavy (non-hydrogen) atoms. The number of hydrogen-bond donors (Lipinski definition) is 1. The lowest BCUT2D eigenvalue weighted by atomic mass is 10.2. The van der Waals surface area contributed by atoms with Gasteiger partial charge in [-0.05, 0) is 0 Å². The van der Waals surface area contributed by atoms with Crippen molar-refractivity contribution in [2.24, 2.45) is 5.73 Å². The molecule has 2 N–H and O–H groups in total. The number of likely N-dealkylation sites (tertiary alicyclic amines) is 1. The largest absolute Gasteiger partial charge is 0.346 e. The van der Waals surface area contributed by atoms with Crippen LogP contribution in [0.1, 0.15) is 6.42 Å². The van der Waals surface area contributed by atoms with Crippen molar-refractivity contribution >= 4 is 5.94 Å². The minimum Gasteiger partial charge on any atom is -0.346 e. The third kappa shape index (κ3) is 1.86. The van der Waals surface area contributed by atoms with Gasteiger partial charge in [0.1, 0.15) is 23.9 Å². The third-order valence-electron chi connectivity index (χ3n) is 2.06. The van der Waals surface area contributed by atoms with E-state index in [1.807, 2.05) is 6.07 Å². The molecule has 4 nitrogen and oxygen atoms in total. The first-order valence-electron chi connectivity index (χ1n) is 3.97. The Labute approximate surface area is 75.4 Å². The fourth-order valence-corrected chi connectivity index (χ4v) is 1.42. The van der Waals surface area contributed by atoms with Crippen LogP contribution in [0.2, 0.25) is 0 Å². The average molecular weight is 183 g/mol. The molecule has 0 unspecified atom stereocenters. The van der Waals surface area contributed by atoms with Crippen LogP contribution >= 0.6 is 0 Å². The van der Waals surface area contributed by atoms with E-state index in [1.165, 1.54) is 4.90 Å². The third-order valence-corrected chi connectivity index (χ3v) is 2.06. The molecular weight excluding hydrogens is 173 g/mol. The normalized spacial score (nSPS) is 26.7. The van der Waals surface area contributed by atoms with Crippen molar-refractivity contribution in [2.45, 2.75) is 18.6 Å². The number of carbonyl (C=O) groups excluding carboxylic acids is 1. The first kappa shape index (κ1) is 9.72. The highest BCUT2D eigenvalue weighted by molar-refractivity contribution is 5.52. The van der Waals surface area contributed by atoms with Gasteiger partial charge in [0.15, 0.2) is 0 Å². The molecule has 1 saturated heterocycles. The molecule has 1 aliphatic heterocycles. The van der Waals surface area contributed by atoms with E-state index < -0.39 is 12.2 Å². The van der Waals surface area contributed by atoms with E-state index in [2.05, 4.69) is 0 Å². The summed E-state index contributed by atoms with van der Waals surface area (Å²) >= 11 is 0. The van der Waals surface area contributed by atoms with Crippen LogP contribution in [0.3, 0.4) is 0 Å². The maximum Gasteiger partial charge on any atom is 0.147 e. The Hall–Kier alpha value is -1.37. The van der Waals surface area contributed by atoms with Crippen LogP contribution in [0, 0.1) is 11.3 Å². The van der Waals surface area contributed by atoms with Gasteiger partial charge in [-0.25, -0.2) is 9.18 Å². The summed E-state index contributed by atoms with van der Waals surface area (Å²) in [5.41, 5.74) is 5.43. The molecule has 1 fully saturated rings. The zero-order valence-corrected chi connectivity index (χ0v) is 7.03. The maximum atomic E-state index is 12.9. The van der Waals surface area contributed by atoms with Crippen molar-refractivity contribution in [1.29, 1.82) is 5.26 Å². The molecule has 0 aromatic carbocycles. The maximum absolute atomic E-state index is 12.9. The zero-order valence-electron chi connectivity index (χ0n) is 7.03. The predicted octanol–water partition coefficient (Wildman–Crippen LogP) is -0.403. The number of alkyl halides is 1. The van der Waals surface area contributed by atoms with E-state index in [1.54, 1.807) is 5.94 Å². The molecule has 1 aliphatic rings. The Morgan fingerprint density at radius 2 is 2.46 bits per heavy atom. The highest BCUT2D eigenvalue weighted by Crippen LogP contribution is 2.22. The van der Waals surface area contributed by atoms with Gasteiger partial charge in [-0.15, -0.1) is 0 Å². The lowest BCUT2D eigenvalue weighted by Gasteiger charge is -2.20. The van der Waals surface area contributed by atoms with Crippen molar-refractivity contribution in [1.82, 2.24) is 4.90 Å². The summed E-state index contributed by atoms with van der Waals surface area (Å²) in [7, 11) is 0. The van der Waals surface area contributed by atoms with E-state index in [0.717, 1.165) is 0 Å². The smallest absolute Gasteiger partial charge is 0.147 e. The molecule has 0 spiro atoms. The number of nitriles is 1. The van der Waals surface area contributed by atoms with Gasteiger partial charge in [0.2, 0.25) is 0 Å². The van der Waals surface area contributed by atoms with Crippen molar-refractivity contribution in [3.63, 3.8) is 0 Å². The highest BCUT2D eigenvalue weighted by Gasteiger charge is 2.33. The quantitative estimate of drug-likeness (QED) is 0.591. The Bertz CT molecular complexity index is 280. The van der Waals surface area contributed by atoms with E-state index >= 15 is 0 Å². The van der Waals surface area contributed by atoms with Crippen LogP contribution in [0.5, 0.6) is 0 Å². The SMILES string of the molecule is N#C[C@@H]1C[C@H](F)CN1C(=C=O)CN. The van der Waals surface area contributed by atoms with Crippen molar-refractivity contribution < 1.29 is 9.18 Å². The van der Waals surface area contributed by atoms with Gasteiger partial charge in [0, 0.05) is 13.0 Å². The Morgan fingerprint density at radius 3 is 2.92 bits per heavy atom. The van der Waals surface area contributed by atoms with Crippen LogP contribution in [0.15, 0.2) is 5.70 Å². The summed E-state index contributed by atoms with van der Waals surface area (Å²) < 4.78 is 12.9. The first-order valence-corrected chi connectivity index (χ1v) is 3.97. The number of hydrogen-bond acceptors (Lipinski definition) is 4. The lowest BCUT2D eigenvalue weighted by Crippen LogP contribution is -2.31. The summed E-state index contributed by atoms with van der Waals surface area (Å²) in [6.07, 6.45) is -0.915. The molecule has 0 saturated carbocycles. The van der Waals surface area contributed by atoms with Gasteiger partial charge in [0.05, 0.1) is 12.6 Å². The number of halogens is 1. The molecule has 0 aromatic heterocycles. The molecule has 2 atom stereocenters. The number of nitrogens with zero attached hydrogens (tertiary/aromatic N) is 2. The van der Waals surface area contributed by atoms with Gasteiger partial charge in [0.25, 0.3) is 0 Å². The van der Waals surface area contributed by atoms with E-state index in [9.17, 15) is 9.18 Å². The first-order chi connectivity index (χ1) is 6.22. The van der Waals surface area contributed by atoms with Crippen LogP contribution in [0.25, 0.3) is 0 Å². The summed E-state index contributed by atoms with van der Waals surface area (Å²) in [6, 6.07) is 1.35. The van der Waals surface area contributed by atoms with Crippen LogP contribution in [-0.4, -0.2) is 36.1 Å². The predicted molar refractivity (Wildman–Crippen MR) is 43.9 cm³/mol. The van der Waals surface area contributed by atoms with Crippen molar-refractivity contribution in [3.8, 4) is 6.07 Å². The Balaban J connectivity index is 2.80. The second kappa shape index (κ2) is 4.04. The van der Waals surface area contributed by atoms with Gasteiger partial charge in [-0.3, -0.25) is 0 Å². The van der Waals surface area contributed by atoms with Crippen molar-refractivity contribution in [3.05, 3.63) is 5.70 Å². The highest BCUT2D eigenvalue weighted by atomic mass is 19.1. The van der Waals surface area contributed by atoms with E-state index in [4.69, 9.17) is 11.0 Å². The average Bonchev–Trinajstić information content (AvgIpc) is 2.49. The molecule has 1 heterocycles. The molecule has 70 valence electrons. The van der Waals surface area contributed by atoms with E-state index in [0.29, 0.717) is 0 Å². The number of rotatable bonds is 2. The molecule has 5 heteroatoms. The summed E-state index contributed by atoms with van der Waals surface area (Å²) in [6.45, 7) is 0.0639. The van der Waals surface area contributed by atoms with Gasteiger partial charge in [-0.1, -0.05) is 0 Å². The summed E-state index contributed by atoms with van der Waals surface area (Å²) in [4.78, 5) is 11.8. The van der Waals surface area contributed by atoms with Crippen LogP contribution < -0.4 is 5.73 Å². The molecule has 0 aromatic rings. The van der Waals surface area contributed by atoms with Gasteiger partial charge < -0.3 is 10.6 Å². The van der Waals surface area contributed by atoms with Crippen LogP contribution in [0.4, 0.5) is 4.39 Å². The molecule has 1 rings (SSSR count). The van der Waals surface area contributed by atoms with Crippen molar-refractivity contribution in [2.75, 3.05) is 13.1 Å². The fourth-order valence-electron chi connectivity index (χ4n) is 1.42. The molecule has 0 aliphatic carbocycles. The second-order valence-corrected chi connectivity index (χ2v) is 2.88. The summed E-state index contributed by atoms with van der Waals surface area (Å²) in [5.74, 6) is 1.63. The topological polar surface area (TPSA) is 70.1 Å². The zero-order chi connectivity index (χ0) is 9.84. The van der Waals surface area contributed by atoms with Gasteiger partial charge >= 0.3 is 0 Å². The minimum atomic E-state index is -1.06. The minimum absolute atomic E-state index is 0.00556. The van der Waals surface area contributed by atoms with Crippen LogP contribution in [-0.2, 0) is 4.79 Å². The standard InChI is InChI=1S/C8H10FN3O/c9-6-1-7(2-10)12(4-6)8(3-11)5-13/h6-7H,1,3-4,11H2/t6-,7-/m0/s1. The van der Waals surface area contributed by atoms with E-state index in [-0.39, 0.29) is 25.2 Å². The Morgan fingerprint density at radius 1 is 1.77 bits per heavy atom. The lowest BCUT2D eigenvalue weighted by molar-refractivity contribution is 0.317. The molecule has 0 radical (unpaired) electrons. The molecular formula is C8H10FN3O. The van der Waals surface area contributed by atoms with Gasteiger partial charge in [-0.2, -0.15) is 5.26 Å². The molecule has 0 amide bonds.